The van der Waals surface area contributed by atoms with E-state index in [9.17, 15) is 4.79 Å². The fraction of sp³-hybridized carbons (Fsp3) is 0.200. The van der Waals surface area contributed by atoms with E-state index < -0.39 is 0 Å². The normalized spacial score (nSPS) is 15.3. The third-order valence-electron chi connectivity index (χ3n) is 6.27. The van der Waals surface area contributed by atoms with Crippen molar-refractivity contribution in [3.63, 3.8) is 0 Å². The number of carbonyl (C=O) groups is 1. The van der Waals surface area contributed by atoms with Crippen LogP contribution < -0.4 is 4.90 Å². The third kappa shape index (κ3) is 4.31. The Labute approximate surface area is 196 Å². The molecule has 1 amide bonds. The van der Waals surface area contributed by atoms with Crippen molar-refractivity contribution in [3.05, 3.63) is 109 Å². The molecule has 0 aromatic heterocycles. The largest absolute Gasteiger partial charge is 0.288 e. The lowest BCUT2D eigenvalue weighted by molar-refractivity contribution is -0.433. The Balaban J connectivity index is 1.57. The number of para-hydroxylation sites is 1. The summed E-state index contributed by atoms with van der Waals surface area (Å²) in [6.45, 7) is 9.31. The summed E-state index contributed by atoms with van der Waals surface area (Å²) in [5, 5.41) is 2.61. The molecule has 3 nitrogen and oxygen atoms in total. The van der Waals surface area contributed by atoms with Gasteiger partial charge in [-0.3, -0.25) is 9.69 Å². The highest BCUT2D eigenvalue weighted by atomic mass is 16.2. The summed E-state index contributed by atoms with van der Waals surface area (Å²) in [7, 11) is 0. The Morgan fingerprint density at radius 3 is 2.33 bits per heavy atom. The second kappa shape index (κ2) is 9.41. The highest BCUT2D eigenvalue weighted by Gasteiger charge is 2.44. The van der Waals surface area contributed by atoms with Crippen LogP contribution in [-0.4, -0.2) is 22.7 Å². The Bertz CT molecular complexity index is 1290. The first-order chi connectivity index (χ1) is 15.9. The zero-order valence-corrected chi connectivity index (χ0v) is 19.8. The van der Waals surface area contributed by atoms with Crippen LogP contribution in [0.5, 0.6) is 0 Å². The molecule has 0 saturated heterocycles. The number of amides is 1. The van der Waals surface area contributed by atoms with Crippen LogP contribution in [-0.2, 0) is 10.2 Å². The number of rotatable bonds is 6. The van der Waals surface area contributed by atoms with Gasteiger partial charge < -0.3 is 0 Å². The van der Waals surface area contributed by atoms with E-state index in [1.807, 2.05) is 48.6 Å². The number of nitrogens with zero attached hydrogens (tertiary/aromatic N) is 2. The molecule has 3 aromatic rings. The second-order valence-electron chi connectivity index (χ2n) is 8.75. The number of hydrogen-bond acceptors (Lipinski definition) is 1. The Morgan fingerprint density at radius 2 is 1.61 bits per heavy atom. The topological polar surface area (TPSA) is 23.3 Å². The van der Waals surface area contributed by atoms with Gasteiger partial charge in [-0.2, -0.15) is 4.58 Å². The van der Waals surface area contributed by atoms with Crippen molar-refractivity contribution in [1.29, 1.82) is 0 Å². The highest BCUT2D eigenvalue weighted by molar-refractivity contribution is 6.07. The molecule has 166 valence electrons. The van der Waals surface area contributed by atoms with Gasteiger partial charge in [0.05, 0.1) is 5.41 Å². The molecule has 0 saturated carbocycles. The van der Waals surface area contributed by atoms with Crippen molar-refractivity contribution in [3.8, 4) is 0 Å². The molecule has 4 rings (SSSR count). The highest BCUT2D eigenvalue weighted by Crippen LogP contribution is 2.44. The minimum absolute atomic E-state index is 0.0202. The molecule has 0 radical (unpaired) electrons. The average Bonchev–Trinajstić information content (AvgIpc) is 3.04. The van der Waals surface area contributed by atoms with E-state index >= 15 is 0 Å². The van der Waals surface area contributed by atoms with Crippen molar-refractivity contribution >= 4 is 33.8 Å². The SMILES string of the molecule is CC[N+]1=C(/C=C/C=C/C=C/N(C(C)=O)c2ccccc2)C(C)(C)c2c1ccc1ccccc21. The van der Waals surface area contributed by atoms with Crippen LogP contribution in [0.15, 0.2) is 103 Å². The average molecular weight is 436 g/mol. The summed E-state index contributed by atoms with van der Waals surface area (Å²) in [4.78, 5) is 13.7. The predicted molar refractivity (Wildman–Crippen MR) is 139 cm³/mol. The first kappa shape index (κ1) is 22.5. The molecule has 0 unspecified atom stereocenters. The predicted octanol–water partition coefficient (Wildman–Crippen LogP) is 6.92. The maximum absolute atomic E-state index is 12.0. The zero-order chi connectivity index (χ0) is 23.4. The summed E-state index contributed by atoms with van der Waals surface area (Å²) in [6, 6.07) is 22.8. The van der Waals surface area contributed by atoms with Crippen LogP contribution in [0.2, 0.25) is 0 Å². The van der Waals surface area contributed by atoms with Gasteiger partial charge in [0.2, 0.25) is 11.6 Å². The van der Waals surface area contributed by atoms with Crippen molar-refractivity contribution in [2.75, 3.05) is 11.4 Å². The third-order valence-corrected chi connectivity index (χ3v) is 6.27. The van der Waals surface area contributed by atoms with E-state index in [-0.39, 0.29) is 11.3 Å². The van der Waals surface area contributed by atoms with Gasteiger partial charge in [0.1, 0.15) is 6.54 Å². The molecular formula is C30H31N2O+. The van der Waals surface area contributed by atoms with E-state index in [1.165, 1.54) is 27.7 Å². The van der Waals surface area contributed by atoms with Gasteiger partial charge in [-0.05, 0) is 55.8 Å². The minimum atomic E-state index is -0.0921. The second-order valence-corrected chi connectivity index (χ2v) is 8.75. The van der Waals surface area contributed by atoms with Crippen LogP contribution in [0.1, 0.15) is 33.3 Å². The first-order valence-corrected chi connectivity index (χ1v) is 11.5. The van der Waals surface area contributed by atoms with Gasteiger partial charge in [0.15, 0.2) is 5.71 Å². The van der Waals surface area contributed by atoms with Gasteiger partial charge in [0, 0.05) is 36.5 Å². The van der Waals surface area contributed by atoms with Crippen LogP contribution in [0.25, 0.3) is 10.8 Å². The number of anilines is 1. The molecule has 1 aliphatic heterocycles. The fourth-order valence-electron chi connectivity index (χ4n) is 4.75. The van der Waals surface area contributed by atoms with Crippen molar-refractivity contribution < 1.29 is 9.37 Å². The summed E-state index contributed by atoms with van der Waals surface area (Å²) in [6.07, 6.45) is 12.0. The van der Waals surface area contributed by atoms with Gasteiger partial charge >= 0.3 is 0 Å². The molecule has 3 aromatic carbocycles. The molecule has 33 heavy (non-hydrogen) atoms. The maximum Gasteiger partial charge on any atom is 0.227 e. The van der Waals surface area contributed by atoms with Crippen LogP contribution in [0.3, 0.4) is 0 Å². The summed E-state index contributed by atoms with van der Waals surface area (Å²) >= 11 is 0. The number of carbonyl (C=O) groups excluding carboxylic acids is 1. The number of allylic oxidation sites excluding steroid dienone is 5. The van der Waals surface area contributed by atoms with Crippen LogP contribution in [0, 0.1) is 0 Å². The summed E-state index contributed by atoms with van der Waals surface area (Å²) in [5.74, 6) is -0.0202. The fourth-order valence-corrected chi connectivity index (χ4v) is 4.75. The quantitative estimate of drug-likeness (QED) is 0.305. The number of fused-ring (bicyclic) bond motifs is 3. The van der Waals surface area contributed by atoms with Crippen molar-refractivity contribution in [1.82, 2.24) is 0 Å². The van der Waals surface area contributed by atoms with Gasteiger partial charge in [0.25, 0.3) is 0 Å². The molecule has 3 heteroatoms. The van der Waals surface area contributed by atoms with Gasteiger partial charge in [-0.15, -0.1) is 0 Å². The minimum Gasteiger partial charge on any atom is -0.288 e. The molecule has 0 atom stereocenters. The smallest absolute Gasteiger partial charge is 0.227 e. The Hall–Kier alpha value is -3.72. The van der Waals surface area contributed by atoms with Gasteiger partial charge in [-0.1, -0.05) is 60.7 Å². The van der Waals surface area contributed by atoms with Crippen molar-refractivity contribution in [2.24, 2.45) is 0 Å². The lowest BCUT2D eigenvalue weighted by atomic mass is 9.79. The van der Waals surface area contributed by atoms with Gasteiger partial charge in [-0.25, -0.2) is 0 Å². The van der Waals surface area contributed by atoms with Crippen LogP contribution >= 0.6 is 0 Å². The van der Waals surface area contributed by atoms with E-state index in [2.05, 4.69) is 73.9 Å². The van der Waals surface area contributed by atoms with Crippen molar-refractivity contribution in [2.45, 2.75) is 33.1 Å². The molecule has 0 spiro atoms. The molecule has 0 bridgehead atoms. The monoisotopic (exact) mass is 435 g/mol. The number of benzene rings is 3. The molecule has 0 N–H and O–H groups in total. The molecular weight excluding hydrogens is 404 g/mol. The van der Waals surface area contributed by atoms with E-state index in [1.54, 1.807) is 18.0 Å². The lowest BCUT2D eigenvalue weighted by Crippen LogP contribution is -2.27. The van der Waals surface area contributed by atoms with E-state index in [0.717, 1.165) is 12.2 Å². The maximum atomic E-state index is 12.0. The van der Waals surface area contributed by atoms with Crippen LogP contribution in [0.4, 0.5) is 11.4 Å². The molecule has 1 heterocycles. The first-order valence-electron chi connectivity index (χ1n) is 11.5. The standard InChI is InChI=1S/C30H31N2O/c1-5-31-27-21-20-24-15-12-13-18-26(24)29(27)30(3,4)28(31)19-11-6-7-14-22-32(23(2)33)25-16-9-8-10-17-25/h6-22H,5H2,1-4H3/q+1. The number of hydrogen-bond donors (Lipinski definition) is 0. The molecule has 0 fully saturated rings. The Morgan fingerprint density at radius 1 is 0.909 bits per heavy atom. The molecule has 1 aliphatic rings. The summed E-state index contributed by atoms with van der Waals surface area (Å²) < 4.78 is 2.41. The lowest BCUT2D eigenvalue weighted by Gasteiger charge is -2.17. The Kier molecular flexibility index (Phi) is 6.41. The van der Waals surface area contributed by atoms with E-state index in [4.69, 9.17) is 0 Å². The summed E-state index contributed by atoms with van der Waals surface area (Å²) in [5.41, 5.74) is 4.75. The molecule has 0 aliphatic carbocycles. The van der Waals surface area contributed by atoms with E-state index in [0.29, 0.717) is 0 Å². The zero-order valence-electron chi connectivity index (χ0n) is 19.8.